The molecule has 0 saturated carbocycles. The molecule has 0 bridgehead atoms. The fraction of sp³-hybridized carbons (Fsp3) is 0.280. The minimum Gasteiger partial charge on any atom is -0.488 e. The third kappa shape index (κ3) is 5.18. The molecule has 3 aromatic rings. The number of carboxylic acid groups (broad SMARTS) is 1. The van der Waals surface area contributed by atoms with Crippen molar-refractivity contribution in [2.45, 2.75) is 38.6 Å². The van der Waals surface area contributed by atoms with E-state index in [1.54, 1.807) is 42.5 Å². The lowest BCUT2D eigenvalue weighted by atomic mass is 10.0. The van der Waals surface area contributed by atoms with Crippen LogP contribution in [0.4, 0.5) is 18.9 Å². The van der Waals surface area contributed by atoms with Crippen LogP contribution in [0.3, 0.4) is 0 Å². The molecule has 0 spiro atoms. The number of aliphatic carboxylic acids is 1. The summed E-state index contributed by atoms with van der Waals surface area (Å²) in [5, 5.41) is 8.90. The van der Waals surface area contributed by atoms with E-state index in [0.717, 1.165) is 11.1 Å². The normalized spacial score (nSPS) is 14.0. The lowest BCUT2D eigenvalue weighted by molar-refractivity contribution is -0.139. The molecular formula is C25H23F3N2O4S. The molecule has 0 radical (unpaired) electrons. The van der Waals surface area contributed by atoms with Crippen LogP contribution in [0.25, 0.3) is 11.1 Å². The zero-order chi connectivity index (χ0) is 25.3. The van der Waals surface area contributed by atoms with Gasteiger partial charge < -0.3 is 20.5 Å². The second-order valence-corrected chi connectivity index (χ2v) is 9.38. The predicted molar refractivity (Wildman–Crippen MR) is 127 cm³/mol. The summed E-state index contributed by atoms with van der Waals surface area (Å²) in [4.78, 5) is 24.7. The molecule has 1 amide bonds. The number of hydrogen-bond donors (Lipinski definition) is 2. The van der Waals surface area contributed by atoms with Crippen molar-refractivity contribution in [2.24, 2.45) is 5.73 Å². The third-order valence-corrected chi connectivity index (χ3v) is 7.03. The van der Waals surface area contributed by atoms with Crippen LogP contribution in [0.1, 0.15) is 27.3 Å². The van der Waals surface area contributed by atoms with Gasteiger partial charge in [0.2, 0.25) is 5.91 Å². The first-order valence-electron chi connectivity index (χ1n) is 10.9. The predicted octanol–water partition coefficient (Wildman–Crippen LogP) is 5.01. The van der Waals surface area contributed by atoms with Gasteiger partial charge in [0.25, 0.3) is 0 Å². The van der Waals surface area contributed by atoms with Crippen LogP contribution in [0, 0.1) is 6.92 Å². The van der Waals surface area contributed by atoms with E-state index in [9.17, 15) is 22.8 Å². The minimum atomic E-state index is -4.48. The Morgan fingerprint density at radius 1 is 1.20 bits per heavy atom. The van der Waals surface area contributed by atoms with Gasteiger partial charge in [-0.1, -0.05) is 30.3 Å². The smallest absolute Gasteiger partial charge is 0.426 e. The number of benzene rings is 2. The van der Waals surface area contributed by atoms with Crippen LogP contribution >= 0.6 is 11.3 Å². The summed E-state index contributed by atoms with van der Waals surface area (Å²) in [6, 6.07) is 12.1. The standard InChI is InChI=1S/C25H23F3N2O4S/c1-14-17-9-10-30(24(33)19(29)12-22(31)32)20(17)7-8-21(14)34-13-16-11-18(15-5-3-2-4-6-15)23(35-16)25(26,27)28/h2-8,11,19H,9-10,12-13,29H2,1H3,(H,31,32)/t19-/m1/s1. The number of carbonyl (C=O) groups is 2. The fourth-order valence-electron chi connectivity index (χ4n) is 4.20. The van der Waals surface area contributed by atoms with Crippen LogP contribution in [-0.2, 0) is 28.8 Å². The summed E-state index contributed by atoms with van der Waals surface area (Å²) < 4.78 is 46.8. The van der Waals surface area contributed by atoms with Crippen LogP contribution in [-0.4, -0.2) is 29.6 Å². The lowest BCUT2D eigenvalue weighted by Crippen LogP contribution is -2.44. The lowest BCUT2D eigenvalue weighted by Gasteiger charge is -2.21. The molecule has 0 unspecified atom stereocenters. The molecule has 1 aliphatic rings. The Hall–Kier alpha value is -3.37. The fourth-order valence-corrected chi connectivity index (χ4v) is 5.16. The second-order valence-electron chi connectivity index (χ2n) is 8.24. The second kappa shape index (κ2) is 9.71. The van der Waals surface area contributed by atoms with E-state index in [0.29, 0.717) is 46.2 Å². The molecule has 0 aliphatic carbocycles. The van der Waals surface area contributed by atoms with Crippen molar-refractivity contribution in [3.8, 4) is 16.9 Å². The number of carbonyl (C=O) groups excluding carboxylic acids is 1. The number of nitrogens with two attached hydrogens (primary N) is 1. The van der Waals surface area contributed by atoms with Crippen molar-refractivity contribution in [1.82, 2.24) is 0 Å². The number of amides is 1. The largest absolute Gasteiger partial charge is 0.488 e. The summed E-state index contributed by atoms with van der Waals surface area (Å²) in [7, 11) is 0. The number of hydrogen-bond acceptors (Lipinski definition) is 5. The van der Waals surface area contributed by atoms with E-state index < -0.39 is 35.4 Å². The van der Waals surface area contributed by atoms with Crippen LogP contribution in [0.5, 0.6) is 5.75 Å². The quantitative estimate of drug-likeness (QED) is 0.472. The molecule has 35 heavy (non-hydrogen) atoms. The number of alkyl halides is 3. The van der Waals surface area contributed by atoms with Crippen molar-refractivity contribution < 1.29 is 32.6 Å². The molecule has 184 valence electrons. The van der Waals surface area contributed by atoms with Crippen LogP contribution in [0.15, 0.2) is 48.5 Å². The van der Waals surface area contributed by atoms with Gasteiger partial charge in [0, 0.05) is 22.7 Å². The van der Waals surface area contributed by atoms with E-state index in [4.69, 9.17) is 15.6 Å². The minimum absolute atomic E-state index is 0.0354. The molecular weight excluding hydrogens is 481 g/mol. The van der Waals surface area contributed by atoms with Crippen molar-refractivity contribution in [1.29, 1.82) is 0 Å². The zero-order valence-electron chi connectivity index (χ0n) is 18.8. The number of anilines is 1. The maximum atomic E-state index is 13.6. The van der Waals surface area contributed by atoms with Crippen LogP contribution < -0.4 is 15.4 Å². The highest BCUT2D eigenvalue weighted by molar-refractivity contribution is 7.12. The van der Waals surface area contributed by atoms with Gasteiger partial charge in [-0.15, -0.1) is 11.3 Å². The average Bonchev–Trinajstić information content (AvgIpc) is 3.43. The summed E-state index contributed by atoms with van der Waals surface area (Å²) in [6.45, 7) is 2.16. The molecule has 4 rings (SSSR count). The zero-order valence-corrected chi connectivity index (χ0v) is 19.6. The molecule has 0 saturated heterocycles. The van der Waals surface area contributed by atoms with Crippen molar-refractivity contribution in [2.75, 3.05) is 11.4 Å². The molecule has 2 heterocycles. The molecule has 6 nitrogen and oxygen atoms in total. The topological polar surface area (TPSA) is 92.9 Å². The number of nitrogens with zero attached hydrogens (tertiary/aromatic N) is 1. The van der Waals surface area contributed by atoms with Gasteiger partial charge in [0.1, 0.15) is 17.2 Å². The SMILES string of the molecule is Cc1c(OCc2cc(-c3ccccc3)c(C(F)(F)F)s2)ccc2c1CCN2C(=O)[C@H](N)CC(=O)O. The molecule has 1 aromatic heterocycles. The van der Waals surface area contributed by atoms with Crippen LogP contribution in [0.2, 0.25) is 0 Å². The highest BCUT2D eigenvalue weighted by Crippen LogP contribution is 2.43. The first kappa shape index (κ1) is 24.7. The van der Waals surface area contributed by atoms with E-state index >= 15 is 0 Å². The van der Waals surface area contributed by atoms with Gasteiger partial charge in [-0.05, 0) is 48.2 Å². The Morgan fingerprint density at radius 2 is 1.91 bits per heavy atom. The maximum absolute atomic E-state index is 13.6. The van der Waals surface area contributed by atoms with Gasteiger partial charge in [-0.25, -0.2) is 0 Å². The van der Waals surface area contributed by atoms with E-state index in [1.165, 1.54) is 11.0 Å². The third-order valence-electron chi connectivity index (χ3n) is 5.87. The van der Waals surface area contributed by atoms with Gasteiger partial charge in [0.05, 0.1) is 12.5 Å². The number of halogens is 3. The number of carboxylic acids is 1. The highest BCUT2D eigenvalue weighted by Gasteiger charge is 2.36. The summed E-state index contributed by atoms with van der Waals surface area (Å²) >= 11 is 0.659. The highest BCUT2D eigenvalue weighted by atomic mass is 32.1. The molecule has 10 heteroatoms. The summed E-state index contributed by atoms with van der Waals surface area (Å²) in [6.07, 6.45) is -4.40. The van der Waals surface area contributed by atoms with E-state index in [1.807, 2.05) is 6.92 Å². The number of fused-ring (bicyclic) bond motifs is 1. The average molecular weight is 505 g/mol. The van der Waals surface area contributed by atoms with Gasteiger partial charge in [0.15, 0.2) is 0 Å². The van der Waals surface area contributed by atoms with Crippen molar-refractivity contribution in [3.05, 3.63) is 69.4 Å². The number of ether oxygens (including phenoxy) is 1. The Kier molecular flexibility index (Phi) is 6.86. The summed E-state index contributed by atoms with van der Waals surface area (Å²) in [5.41, 5.74) is 8.64. The Balaban J connectivity index is 1.54. The van der Waals surface area contributed by atoms with Gasteiger partial charge in [-0.2, -0.15) is 13.2 Å². The molecule has 3 N–H and O–H groups in total. The molecule has 1 atom stereocenters. The van der Waals surface area contributed by atoms with Crippen molar-refractivity contribution in [3.63, 3.8) is 0 Å². The number of rotatable bonds is 7. The van der Waals surface area contributed by atoms with E-state index in [2.05, 4.69) is 0 Å². The Bertz CT molecular complexity index is 1260. The molecule has 2 aromatic carbocycles. The summed E-state index contributed by atoms with van der Waals surface area (Å²) in [5.74, 6) is -1.11. The van der Waals surface area contributed by atoms with Gasteiger partial charge >= 0.3 is 12.1 Å². The van der Waals surface area contributed by atoms with Crippen molar-refractivity contribution >= 4 is 28.9 Å². The molecule has 0 fully saturated rings. The van der Waals surface area contributed by atoms with Gasteiger partial charge in [-0.3, -0.25) is 9.59 Å². The first-order valence-corrected chi connectivity index (χ1v) is 11.7. The van der Waals surface area contributed by atoms with E-state index in [-0.39, 0.29) is 12.2 Å². The Morgan fingerprint density at radius 3 is 2.57 bits per heavy atom. The monoisotopic (exact) mass is 504 g/mol. The Labute approximate surface area is 203 Å². The first-order chi connectivity index (χ1) is 16.6. The molecule has 1 aliphatic heterocycles. The maximum Gasteiger partial charge on any atom is 0.426 e. The number of thiophene rings is 1.